The number of aliphatic hydroxyl groups excluding tert-OH is 1. The zero-order valence-electron chi connectivity index (χ0n) is 16.2. The van der Waals surface area contributed by atoms with Crippen molar-refractivity contribution < 1.29 is 5.11 Å². The van der Waals surface area contributed by atoms with Gasteiger partial charge in [0.05, 0.1) is 6.61 Å². The number of nitrogens with zero attached hydrogens (tertiary/aromatic N) is 1. The molecule has 0 fully saturated rings. The van der Waals surface area contributed by atoms with Crippen LogP contribution >= 0.6 is 35.0 Å². The van der Waals surface area contributed by atoms with Gasteiger partial charge in [0.2, 0.25) is 0 Å². The Morgan fingerprint density at radius 1 is 0.828 bits per heavy atom. The summed E-state index contributed by atoms with van der Waals surface area (Å²) in [4.78, 5) is 2.27. The van der Waals surface area contributed by atoms with Crippen LogP contribution in [-0.4, -0.2) is 29.0 Å². The van der Waals surface area contributed by atoms with E-state index in [1.807, 2.05) is 54.2 Å². The van der Waals surface area contributed by atoms with E-state index in [2.05, 4.69) is 41.3 Å². The van der Waals surface area contributed by atoms with Crippen LogP contribution in [0.1, 0.15) is 21.9 Å². The van der Waals surface area contributed by atoms with Crippen LogP contribution in [0.3, 0.4) is 0 Å². The SMILES string of the molecule is OCCN(CS[C@@H](Cc1c(Cl)cccc1Cl)c1ccccc1)Cc1ccccc1. The van der Waals surface area contributed by atoms with Crippen LogP contribution in [0.5, 0.6) is 0 Å². The van der Waals surface area contributed by atoms with Crippen molar-refractivity contribution in [1.29, 1.82) is 0 Å². The lowest BCUT2D eigenvalue weighted by molar-refractivity contribution is 0.211. The molecular formula is C24H25Cl2NOS. The summed E-state index contributed by atoms with van der Waals surface area (Å²) in [7, 11) is 0. The van der Waals surface area contributed by atoms with E-state index in [9.17, 15) is 5.11 Å². The molecule has 0 aliphatic carbocycles. The minimum absolute atomic E-state index is 0.139. The molecule has 0 saturated heterocycles. The lowest BCUT2D eigenvalue weighted by atomic mass is 10.0. The standard InChI is InChI=1S/C24H25Cl2NOS/c25-22-12-7-13-23(26)21(22)16-24(20-10-5-2-6-11-20)29-18-27(14-15-28)17-19-8-3-1-4-9-19/h1-13,24,28H,14-18H2/t24-/m0/s1. The minimum Gasteiger partial charge on any atom is -0.395 e. The molecule has 0 unspecified atom stereocenters. The van der Waals surface area contributed by atoms with Gasteiger partial charge in [0, 0.05) is 34.3 Å². The Hall–Kier alpha value is -1.49. The van der Waals surface area contributed by atoms with Crippen molar-refractivity contribution in [3.05, 3.63) is 106 Å². The third kappa shape index (κ3) is 6.77. The zero-order chi connectivity index (χ0) is 20.5. The molecule has 1 atom stereocenters. The minimum atomic E-state index is 0.139. The van der Waals surface area contributed by atoms with Gasteiger partial charge in [-0.25, -0.2) is 0 Å². The molecule has 3 aromatic rings. The molecule has 3 rings (SSSR count). The number of thioether (sulfide) groups is 1. The van der Waals surface area contributed by atoms with Gasteiger partial charge in [-0.05, 0) is 35.2 Å². The van der Waals surface area contributed by atoms with Gasteiger partial charge in [0.15, 0.2) is 0 Å². The fourth-order valence-corrected chi connectivity index (χ4v) is 5.02. The molecule has 0 aromatic heterocycles. The summed E-state index contributed by atoms with van der Waals surface area (Å²) < 4.78 is 0. The first kappa shape index (κ1) is 22.2. The monoisotopic (exact) mass is 445 g/mol. The predicted molar refractivity (Wildman–Crippen MR) is 126 cm³/mol. The lowest BCUT2D eigenvalue weighted by Crippen LogP contribution is -2.26. The van der Waals surface area contributed by atoms with Crippen LogP contribution in [0.15, 0.2) is 78.9 Å². The van der Waals surface area contributed by atoms with Gasteiger partial charge in [-0.3, -0.25) is 4.90 Å². The first-order valence-corrected chi connectivity index (χ1v) is 11.4. The molecule has 0 heterocycles. The highest BCUT2D eigenvalue weighted by Crippen LogP contribution is 2.37. The van der Waals surface area contributed by atoms with Crippen molar-refractivity contribution in [2.45, 2.75) is 18.2 Å². The molecular weight excluding hydrogens is 421 g/mol. The van der Waals surface area contributed by atoms with Gasteiger partial charge in [-0.1, -0.05) is 89.9 Å². The maximum absolute atomic E-state index is 9.52. The van der Waals surface area contributed by atoms with Crippen LogP contribution in [0.2, 0.25) is 10.0 Å². The number of hydrogen-bond acceptors (Lipinski definition) is 3. The summed E-state index contributed by atoms with van der Waals surface area (Å²) in [6.45, 7) is 1.58. The van der Waals surface area contributed by atoms with E-state index < -0.39 is 0 Å². The fourth-order valence-electron chi connectivity index (χ4n) is 3.22. The van der Waals surface area contributed by atoms with E-state index in [0.717, 1.165) is 24.4 Å². The quantitative estimate of drug-likeness (QED) is 0.362. The molecule has 0 radical (unpaired) electrons. The molecule has 0 spiro atoms. The Morgan fingerprint density at radius 3 is 2.07 bits per heavy atom. The average Bonchev–Trinajstić information content (AvgIpc) is 2.74. The van der Waals surface area contributed by atoms with Crippen molar-refractivity contribution in [1.82, 2.24) is 4.90 Å². The van der Waals surface area contributed by atoms with Crippen LogP contribution in [0, 0.1) is 0 Å². The number of benzene rings is 3. The molecule has 3 aromatic carbocycles. The van der Waals surface area contributed by atoms with Gasteiger partial charge >= 0.3 is 0 Å². The Kier molecular flexibility index (Phi) is 8.91. The molecule has 0 aliphatic rings. The number of rotatable bonds is 10. The second-order valence-corrected chi connectivity index (χ2v) is 8.84. The van der Waals surface area contributed by atoms with E-state index in [0.29, 0.717) is 16.6 Å². The third-order valence-corrected chi connectivity index (χ3v) is 6.81. The highest BCUT2D eigenvalue weighted by molar-refractivity contribution is 7.99. The van der Waals surface area contributed by atoms with Crippen LogP contribution in [0.4, 0.5) is 0 Å². The summed E-state index contributed by atoms with van der Waals surface area (Å²) >= 11 is 14.7. The predicted octanol–water partition coefficient (Wildman–Crippen LogP) is 6.46. The summed E-state index contributed by atoms with van der Waals surface area (Å²) in [5, 5.41) is 11.1. The van der Waals surface area contributed by atoms with E-state index in [-0.39, 0.29) is 11.9 Å². The summed E-state index contributed by atoms with van der Waals surface area (Å²) in [6.07, 6.45) is 0.755. The number of aliphatic hydroxyl groups is 1. The summed E-state index contributed by atoms with van der Waals surface area (Å²) in [5.74, 6) is 0.803. The zero-order valence-corrected chi connectivity index (χ0v) is 18.5. The molecule has 2 nitrogen and oxygen atoms in total. The smallest absolute Gasteiger partial charge is 0.0558 e. The first-order chi connectivity index (χ1) is 14.2. The largest absolute Gasteiger partial charge is 0.395 e. The molecule has 29 heavy (non-hydrogen) atoms. The molecule has 0 saturated carbocycles. The highest BCUT2D eigenvalue weighted by Gasteiger charge is 2.18. The Labute approximate surface area is 187 Å². The van der Waals surface area contributed by atoms with Crippen molar-refractivity contribution in [2.75, 3.05) is 19.0 Å². The lowest BCUT2D eigenvalue weighted by Gasteiger charge is -2.25. The second kappa shape index (κ2) is 11.6. The Balaban J connectivity index is 1.75. The van der Waals surface area contributed by atoms with Crippen molar-refractivity contribution >= 4 is 35.0 Å². The van der Waals surface area contributed by atoms with E-state index in [4.69, 9.17) is 23.2 Å². The van der Waals surface area contributed by atoms with Gasteiger partial charge in [0.25, 0.3) is 0 Å². The van der Waals surface area contributed by atoms with Gasteiger partial charge in [-0.15, -0.1) is 11.8 Å². The molecule has 152 valence electrons. The Morgan fingerprint density at radius 2 is 1.45 bits per heavy atom. The van der Waals surface area contributed by atoms with Gasteiger partial charge < -0.3 is 5.11 Å². The maximum Gasteiger partial charge on any atom is 0.0558 e. The summed E-state index contributed by atoms with van der Waals surface area (Å²) in [6, 6.07) is 26.5. The Bertz CT molecular complexity index is 856. The van der Waals surface area contributed by atoms with Crippen LogP contribution in [0.25, 0.3) is 0 Å². The normalized spacial score (nSPS) is 12.3. The number of halogens is 2. The van der Waals surface area contributed by atoms with Crippen LogP contribution < -0.4 is 0 Å². The number of hydrogen-bond donors (Lipinski definition) is 1. The van der Waals surface area contributed by atoms with Gasteiger partial charge in [-0.2, -0.15) is 0 Å². The van der Waals surface area contributed by atoms with Crippen molar-refractivity contribution in [3.63, 3.8) is 0 Å². The maximum atomic E-state index is 9.52. The average molecular weight is 446 g/mol. The fraction of sp³-hybridized carbons (Fsp3) is 0.250. The highest BCUT2D eigenvalue weighted by atomic mass is 35.5. The molecule has 0 bridgehead atoms. The van der Waals surface area contributed by atoms with Gasteiger partial charge in [0.1, 0.15) is 0 Å². The van der Waals surface area contributed by atoms with E-state index in [1.165, 1.54) is 11.1 Å². The molecule has 5 heteroatoms. The molecule has 0 amide bonds. The topological polar surface area (TPSA) is 23.5 Å². The molecule has 1 N–H and O–H groups in total. The summed E-state index contributed by atoms with van der Waals surface area (Å²) in [5.41, 5.74) is 3.47. The molecule has 0 aliphatic heterocycles. The van der Waals surface area contributed by atoms with Crippen molar-refractivity contribution in [3.8, 4) is 0 Å². The van der Waals surface area contributed by atoms with Crippen LogP contribution in [-0.2, 0) is 13.0 Å². The van der Waals surface area contributed by atoms with E-state index >= 15 is 0 Å². The van der Waals surface area contributed by atoms with Crippen molar-refractivity contribution in [2.24, 2.45) is 0 Å². The van der Waals surface area contributed by atoms with E-state index in [1.54, 1.807) is 0 Å². The third-order valence-electron chi connectivity index (χ3n) is 4.75. The second-order valence-electron chi connectivity index (χ2n) is 6.86. The first-order valence-electron chi connectivity index (χ1n) is 9.64.